The van der Waals surface area contributed by atoms with Crippen LogP contribution in [0.2, 0.25) is 0 Å². The van der Waals surface area contributed by atoms with Gasteiger partial charge in [0, 0.05) is 34.5 Å². The highest BCUT2D eigenvalue weighted by Gasteiger charge is 2.25. The van der Waals surface area contributed by atoms with Crippen LogP contribution in [-0.2, 0) is 11.3 Å². The third-order valence-corrected chi connectivity index (χ3v) is 7.43. The summed E-state index contributed by atoms with van der Waals surface area (Å²) in [4.78, 5) is 25.4. The van der Waals surface area contributed by atoms with E-state index in [9.17, 15) is 28.6 Å². The summed E-state index contributed by atoms with van der Waals surface area (Å²) in [6, 6.07) is 19.2. The van der Waals surface area contributed by atoms with Gasteiger partial charge in [0.25, 0.3) is 5.56 Å². The molecule has 2 aromatic heterocycles. The zero-order valence-electron chi connectivity index (χ0n) is 23.7. The van der Waals surface area contributed by atoms with Crippen molar-refractivity contribution in [2.75, 3.05) is 0 Å². The van der Waals surface area contributed by atoms with Gasteiger partial charge in [0.15, 0.2) is 0 Å². The van der Waals surface area contributed by atoms with Crippen LogP contribution in [0.15, 0.2) is 83.7 Å². The number of fused-ring (bicyclic) bond motifs is 3. The average molecular weight is 587 g/mol. The molecule has 43 heavy (non-hydrogen) atoms. The first-order chi connectivity index (χ1) is 20.5. The van der Waals surface area contributed by atoms with E-state index in [0.29, 0.717) is 38.8 Å². The monoisotopic (exact) mass is 586 g/mol. The Labute approximate surface area is 246 Å². The van der Waals surface area contributed by atoms with E-state index in [1.807, 2.05) is 42.7 Å². The summed E-state index contributed by atoms with van der Waals surface area (Å²) >= 11 is 0. The number of halogens is 2. The van der Waals surface area contributed by atoms with Crippen molar-refractivity contribution in [1.82, 2.24) is 9.13 Å². The van der Waals surface area contributed by atoms with Gasteiger partial charge in [-0.1, -0.05) is 48.5 Å². The Balaban J connectivity index is 1.81. The number of benzene rings is 3. The van der Waals surface area contributed by atoms with E-state index in [2.05, 4.69) is 0 Å². The summed E-state index contributed by atoms with van der Waals surface area (Å²) in [5.74, 6) is -2.00. The molecule has 5 aromatic rings. The first kappa shape index (κ1) is 29.9. The molecule has 0 spiro atoms. The van der Waals surface area contributed by atoms with Crippen molar-refractivity contribution in [2.24, 2.45) is 0 Å². The third kappa shape index (κ3) is 6.14. The number of nitrogens with zero attached hydrogens (tertiary/aromatic N) is 2. The van der Waals surface area contributed by atoms with Crippen LogP contribution in [0.1, 0.15) is 44.0 Å². The molecule has 0 bridgehead atoms. The van der Waals surface area contributed by atoms with Crippen molar-refractivity contribution in [3.8, 4) is 11.1 Å². The number of pyridine rings is 1. The molecule has 2 atom stereocenters. The van der Waals surface area contributed by atoms with Crippen molar-refractivity contribution < 1.29 is 28.9 Å². The molecule has 3 aromatic carbocycles. The maximum absolute atomic E-state index is 14.4. The number of aromatic nitrogens is 2. The van der Waals surface area contributed by atoms with Gasteiger partial charge < -0.3 is 24.5 Å². The second kappa shape index (κ2) is 12.3. The van der Waals surface area contributed by atoms with Gasteiger partial charge in [-0.3, -0.25) is 9.59 Å². The van der Waals surface area contributed by atoms with E-state index in [-0.39, 0.29) is 24.6 Å². The zero-order chi connectivity index (χ0) is 30.8. The van der Waals surface area contributed by atoms with Crippen molar-refractivity contribution in [3.05, 3.63) is 112 Å². The Kier molecular flexibility index (Phi) is 8.57. The minimum absolute atomic E-state index is 0.132. The number of hydrogen-bond donors (Lipinski definition) is 3. The number of carboxylic acid groups (broad SMARTS) is 1. The molecular formula is C34H32F2N2O5. The summed E-state index contributed by atoms with van der Waals surface area (Å²) < 4.78 is 31.6. The molecule has 5 rings (SSSR count). The molecule has 0 saturated carbocycles. The lowest BCUT2D eigenvalue weighted by atomic mass is 9.98. The molecule has 0 aliphatic carbocycles. The minimum Gasteiger partial charge on any atom is -0.481 e. The van der Waals surface area contributed by atoms with E-state index in [0.717, 1.165) is 5.39 Å². The zero-order valence-corrected chi connectivity index (χ0v) is 23.7. The van der Waals surface area contributed by atoms with Gasteiger partial charge in [-0.2, -0.15) is 0 Å². The highest BCUT2D eigenvalue weighted by molar-refractivity contribution is 6.15. The molecule has 2 heterocycles. The number of carbonyl (C=O) groups is 1. The molecule has 0 saturated heterocycles. The van der Waals surface area contributed by atoms with E-state index in [1.165, 1.54) is 30.3 Å². The normalized spacial score (nSPS) is 13.4. The Bertz CT molecular complexity index is 1890. The third-order valence-electron chi connectivity index (χ3n) is 7.43. The fourth-order valence-corrected chi connectivity index (χ4v) is 5.67. The van der Waals surface area contributed by atoms with Crippen molar-refractivity contribution >= 4 is 33.9 Å². The van der Waals surface area contributed by atoms with Crippen molar-refractivity contribution in [2.45, 2.75) is 51.5 Å². The Morgan fingerprint density at radius 1 is 0.953 bits per heavy atom. The standard InChI is InChI=1S/C34H32F2N2O5/c1-20(2)38-29(15-14-25(39)17-26(40)18-30(41)42)31(22-10-12-23(35)13-11-22)32-27-8-3-4-9-28(27)37(34(43)33(32)38)19-21-6-5-7-24(36)16-21/h3-16,20,25-26,39-40H,17-19H2,1-2H3,(H,41,42)/b15-14+. The molecule has 0 radical (unpaired) electrons. The average Bonchev–Trinajstić information content (AvgIpc) is 3.30. The first-order valence-electron chi connectivity index (χ1n) is 14.0. The minimum atomic E-state index is -1.25. The first-order valence-corrected chi connectivity index (χ1v) is 14.0. The molecule has 222 valence electrons. The molecular weight excluding hydrogens is 554 g/mol. The van der Waals surface area contributed by atoms with Crippen molar-refractivity contribution in [1.29, 1.82) is 0 Å². The molecule has 0 aliphatic heterocycles. The SMILES string of the molecule is CC(C)n1c(/C=C/C(O)CC(O)CC(=O)O)c(-c2ccc(F)cc2)c2c3ccccc3n(Cc3cccc(F)c3)c(=O)c21. The topological polar surface area (TPSA) is 105 Å². The highest BCUT2D eigenvalue weighted by atomic mass is 19.1. The van der Waals surface area contributed by atoms with Crippen LogP contribution >= 0.6 is 0 Å². The van der Waals surface area contributed by atoms with Crippen LogP contribution in [-0.4, -0.2) is 42.6 Å². The predicted molar refractivity (Wildman–Crippen MR) is 163 cm³/mol. The van der Waals surface area contributed by atoms with E-state index in [1.54, 1.807) is 34.9 Å². The van der Waals surface area contributed by atoms with Crippen LogP contribution in [0.3, 0.4) is 0 Å². The summed E-state index contributed by atoms with van der Waals surface area (Å²) in [6.07, 6.45) is -0.00541. The summed E-state index contributed by atoms with van der Waals surface area (Å²) in [6.45, 7) is 3.97. The summed E-state index contributed by atoms with van der Waals surface area (Å²) in [5.41, 5.74) is 3.24. The maximum atomic E-state index is 14.4. The molecule has 0 amide bonds. The summed E-state index contributed by atoms with van der Waals surface area (Å²) in [7, 11) is 0. The largest absolute Gasteiger partial charge is 0.481 e. The predicted octanol–water partition coefficient (Wildman–Crippen LogP) is 6.13. The van der Waals surface area contributed by atoms with Gasteiger partial charge in [0.05, 0.1) is 30.7 Å². The van der Waals surface area contributed by atoms with Crippen LogP contribution in [0.4, 0.5) is 8.78 Å². The number of aliphatic carboxylic acids is 1. The fourth-order valence-electron chi connectivity index (χ4n) is 5.67. The van der Waals surface area contributed by atoms with Crippen LogP contribution in [0.5, 0.6) is 0 Å². The molecule has 7 nitrogen and oxygen atoms in total. The van der Waals surface area contributed by atoms with Crippen LogP contribution in [0.25, 0.3) is 39.0 Å². The van der Waals surface area contributed by atoms with Gasteiger partial charge in [-0.05, 0) is 61.4 Å². The lowest BCUT2D eigenvalue weighted by Gasteiger charge is -2.16. The number of aliphatic hydroxyl groups excluding tert-OH is 2. The van der Waals surface area contributed by atoms with Gasteiger partial charge in [0.1, 0.15) is 17.2 Å². The van der Waals surface area contributed by atoms with E-state index < -0.39 is 36.2 Å². The smallest absolute Gasteiger partial charge is 0.305 e. The van der Waals surface area contributed by atoms with E-state index in [4.69, 9.17) is 5.11 Å². The molecule has 9 heteroatoms. The number of aliphatic hydroxyl groups is 2. The number of hydrogen-bond acceptors (Lipinski definition) is 4. The van der Waals surface area contributed by atoms with Gasteiger partial charge >= 0.3 is 5.97 Å². The molecule has 0 fully saturated rings. The second-order valence-corrected chi connectivity index (χ2v) is 10.9. The number of rotatable bonds is 10. The quantitative estimate of drug-likeness (QED) is 0.183. The lowest BCUT2D eigenvalue weighted by molar-refractivity contribution is -0.139. The van der Waals surface area contributed by atoms with Crippen LogP contribution in [0, 0.1) is 11.6 Å². The highest BCUT2D eigenvalue weighted by Crippen LogP contribution is 2.40. The van der Waals surface area contributed by atoms with E-state index >= 15 is 0 Å². The fraction of sp³-hybridized carbons (Fsp3) is 0.235. The Morgan fingerprint density at radius 3 is 2.35 bits per heavy atom. The van der Waals surface area contributed by atoms with Gasteiger partial charge in [-0.25, -0.2) is 8.78 Å². The second-order valence-electron chi connectivity index (χ2n) is 10.9. The Hall–Kier alpha value is -4.60. The molecule has 2 unspecified atom stereocenters. The van der Waals surface area contributed by atoms with Gasteiger partial charge in [0.2, 0.25) is 0 Å². The lowest BCUT2D eigenvalue weighted by Crippen LogP contribution is -2.24. The summed E-state index contributed by atoms with van der Waals surface area (Å²) in [5, 5.41) is 31.1. The Morgan fingerprint density at radius 2 is 1.67 bits per heavy atom. The molecule has 0 aliphatic rings. The molecule has 3 N–H and O–H groups in total. The van der Waals surface area contributed by atoms with Gasteiger partial charge in [-0.15, -0.1) is 0 Å². The van der Waals surface area contributed by atoms with Crippen LogP contribution < -0.4 is 5.56 Å². The number of carboxylic acids is 1. The number of para-hydroxylation sites is 1. The van der Waals surface area contributed by atoms with Crippen molar-refractivity contribution in [3.63, 3.8) is 0 Å². The maximum Gasteiger partial charge on any atom is 0.305 e.